The molecule has 1 unspecified atom stereocenters. The number of pyridine rings is 1. The minimum atomic E-state index is -0.274. The van der Waals surface area contributed by atoms with Crippen molar-refractivity contribution in [2.24, 2.45) is 5.73 Å². The van der Waals surface area contributed by atoms with Crippen LogP contribution in [0.4, 0.5) is 0 Å². The number of aromatic nitrogens is 1. The fourth-order valence-corrected chi connectivity index (χ4v) is 2.02. The minimum absolute atomic E-state index is 0.230. The van der Waals surface area contributed by atoms with Crippen LogP contribution in [0, 0.1) is 6.92 Å². The van der Waals surface area contributed by atoms with Crippen molar-refractivity contribution in [2.45, 2.75) is 19.5 Å². The zero-order valence-corrected chi connectivity index (χ0v) is 10.0. The van der Waals surface area contributed by atoms with E-state index in [0.717, 1.165) is 24.3 Å². The summed E-state index contributed by atoms with van der Waals surface area (Å²) in [5, 5.41) is 3.18. The molecule has 1 aromatic rings. The van der Waals surface area contributed by atoms with Gasteiger partial charge in [0.1, 0.15) is 6.04 Å². The summed E-state index contributed by atoms with van der Waals surface area (Å²) in [6.45, 7) is 5.02. The molecule has 0 aliphatic carbocycles. The molecule has 0 radical (unpaired) electrons. The number of carbonyl (C=O) groups excluding carboxylic acids is 1. The van der Waals surface area contributed by atoms with Crippen LogP contribution in [0.1, 0.15) is 11.3 Å². The highest BCUT2D eigenvalue weighted by molar-refractivity contribution is 5.80. The molecule has 2 heterocycles. The van der Waals surface area contributed by atoms with Gasteiger partial charge in [-0.15, -0.1) is 0 Å². The first-order valence-electron chi connectivity index (χ1n) is 5.82. The smallest absolute Gasteiger partial charge is 0.236 e. The third-order valence-corrected chi connectivity index (χ3v) is 3.02. The van der Waals surface area contributed by atoms with E-state index in [9.17, 15) is 4.79 Å². The maximum absolute atomic E-state index is 11.3. The van der Waals surface area contributed by atoms with Gasteiger partial charge in [0.25, 0.3) is 0 Å². The molecule has 92 valence electrons. The number of primary amides is 1. The molecule has 0 bridgehead atoms. The van der Waals surface area contributed by atoms with Crippen LogP contribution >= 0.6 is 0 Å². The number of hydrogen-bond donors (Lipinski definition) is 2. The number of nitrogens with two attached hydrogens (primary N) is 1. The van der Waals surface area contributed by atoms with Crippen molar-refractivity contribution >= 4 is 5.91 Å². The Hall–Kier alpha value is -1.46. The van der Waals surface area contributed by atoms with E-state index in [1.54, 1.807) is 0 Å². The number of nitrogens with one attached hydrogen (secondary N) is 1. The molecule has 0 saturated carbocycles. The summed E-state index contributed by atoms with van der Waals surface area (Å²) in [5.41, 5.74) is 7.51. The number of rotatable bonds is 3. The van der Waals surface area contributed by atoms with E-state index in [-0.39, 0.29) is 11.9 Å². The summed E-state index contributed by atoms with van der Waals surface area (Å²) in [5.74, 6) is -0.274. The van der Waals surface area contributed by atoms with Crippen molar-refractivity contribution in [1.82, 2.24) is 15.2 Å². The van der Waals surface area contributed by atoms with Gasteiger partial charge in [0, 0.05) is 32.4 Å². The highest BCUT2D eigenvalue weighted by Crippen LogP contribution is 2.09. The van der Waals surface area contributed by atoms with Crippen LogP contribution in [0.3, 0.4) is 0 Å². The van der Waals surface area contributed by atoms with Gasteiger partial charge in [0.2, 0.25) is 5.91 Å². The van der Waals surface area contributed by atoms with Crippen LogP contribution in [0.2, 0.25) is 0 Å². The quantitative estimate of drug-likeness (QED) is 0.750. The average Bonchev–Trinajstić information content (AvgIpc) is 2.32. The third kappa shape index (κ3) is 3.01. The predicted octanol–water partition coefficient (Wildman–Crippen LogP) is -0.351. The van der Waals surface area contributed by atoms with E-state index in [2.05, 4.69) is 15.2 Å². The molecular weight excluding hydrogens is 216 g/mol. The van der Waals surface area contributed by atoms with Crippen LogP contribution in [-0.2, 0) is 11.3 Å². The lowest BCUT2D eigenvalue weighted by molar-refractivity contribution is -0.124. The third-order valence-electron chi connectivity index (χ3n) is 3.02. The van der Waals surface area contributed by atoms with Crippen molar-refractivity contribution in [3.8, 4) is 0 Å². The van der Waals surface area contributed by atoms with Crippen molar-refractivity contribution in [2.75, 3.05) is 19.6 Å². The lowest BCUT2D eigenvalue weighted by Gasteiger charge is -2.33. The number of aryl methyl sites for hydroxylation is 1. The first-order chi connectivity index (χ1) is 8.16. The molecule has 3 N–H and O–H groups in total. The Balaban J connectivity index is 2.05. The van der Waals surface area contributed by atoms with Crippen molar-refractivity contribution in [3.05, 3.63) is 29.6 Å². The van der Waals surface area contributed by atoms with E-state index >= 15 is 0 Å². The normalized spacial score (nSPS) is 21.4. The predicted molar refractivity (Wildman–Crippen MR) is 65.2 cm³/mol. The summed E-state index contributed by atoms with van der Waals surface area (Å²) < 4.78 is 0. The summed E-state index contributed by atoms with van der Waals surface area (Å²) in [7, 11) is 0. The topological polar surface area (TPSA) is 71.2 Å². The molecule has 1 aromatic heterocycles. The molecular formula is C12H18N4O. The molecule has 0 aromatic carbocycles. The zero-order valence-electron chi connectivity index (χ0n) is 10.0. The Bertz CT molecular complexity index is 390. The lowest BCUT2D eigenvalue weighted by atomic mass is 10.1. The molecule has 1 atom stereocenters. The Morgan fingerprint density at radius 1 is 1.65 bits per heavy atom. The highest BCUT2D eigenvalue weighted by atomic mass is 16.1. The number of hydrogen-bond acceptors (Lipinski definition) is 4. The largest absolute Gasteiger partial charge is 0.368 e. The van der Waals surface area contributed by atoms with Crippen LogP contribution in [0.25, 0.3) is 0 Å². The Labute approximate surface area is 101 Å². The number of amides is 1. The van der Waals surface area contributed by atoms with Crippen LogP contribution in [-0.4, -0.2) is 41.5 Å². The molecule has 5 nitrogen and oxygen atoms in total. The van der Waals surface area contributed by atoms with Crippen LogP contribution in [0.5, 0.6) is 0 Å². The second-order valence-electron chi connectivity index (χ2n) is 4.42. The highest BCUT2D eigenvalue weighted by Gasteiger charge is 2.26. The Kier molecular flexibility index (Phi) is 3.71. The number of piperazine rings is 1. The molecule has 17 heavy (non-hydrogen) atoms. The van der Waals surface area contributed by atoms with Crippen molar-refractivity contribution in [1.29, 1.82) is 0 Å². The second-order valence-corrected chi connectivity index (χ2v) is 4.42. The van der Waals surface area contributed by atoms with E-state index in [4.69, 9.17) is 5.73 Å². The van der Waals surface area contributed by atoms with Gasteiger partial charge >= 0.3 is 0 Å². The van der Waals surface area contributed by atoms with Gasteiger partial charge in [0.15, 0.2) is 0 Å². The molecule has 1 fully saturated rings. The molecule has 1 saturated heterocycles. The fourth-order valence-electron chi connectivity index (χ4n) is 2.02. The maximum atomic E-state index is 11.3. The molecule has 5 heteroatoms. The SMILES string of the molecule is Cc1ccc(CN2CCNCC2C(N)=O)nc1. The van der Waals surface area contributed by atoms with Crippen molar-refractivity contribution in [3.63, 3.8) is 0 Å². The fraction of sp³-hybridized carbons (Fsp3) is 0.500. The monoisotopic (exact) mass is 234 g/mol. The molecule has 1 aliphatic rings. The average molecular weight is 234 g/mol. The standard InChI is InChI=1S/C12H18N4O/c1-9-2-3-10(15-6-9)8-16-5-4-14-7-11(16)12(13)17/h2-3,6,11,14H,4-5,7-8H2,1H3,(H2,13,17). The van der Waals surface area contributed by atoms with Gasteiger partial charge in [-0.3, -0.25) is 14.7 Å². The van der Waals surface area contributed by atoms with Gasteiger partial charge in [-0.25, -0.2) is 0 Å². The maximum Gasteiger partial charge on any atom is 0.236 e. The molecule has 0 spiro atoms. The first-order valence-corrected chi connectivity index (χ1v) is 5.82. The van der Waals surface area contributed by atoms with E-state index in [1.807, 2.05) is 25.3 Å². The Morgan fingerprint density at radius 3 is 3.12 bits per heavy atom. The van der Waals surface area contributed by atoms with Gasteiger partial charge in [-0.2, -0.15) is 0 Å². The summed E-state index contributed by atoms with van der Waals surface area (Å²) in [4.78, 5) is 17.8. The van der Waals surface area contributed by atoms with E-state index in [1.165, 1.54) is 0 Å². The van der Waals surface area contributed by atoms with Crippen molar-refractivity contribution < 1.29 is 4.79 Å². The second kappa shape index (κ2) is 5.25. The molecule has 1 aliphatic heterocycles. The zero-order chi connectivity index (χ0) is 12.3. The van der Waals surface area contributed by atoms with Gasteiger partial charge in [0.05, 0.1) is 5.69 Å². The molecule has 2 rings (SSSR count). The summed E-state index contributed by atoms with van der Waals surface area (Å²) in [6.07, 6.45) is 1.84. The molecule has 1 amide bonds. The van der Waals surface area contributed by atoms with Crippen LogP contribution in [0.15, 0.2) is 18.3 Å². The summed E-state index contributed by atoms with van der Waals surface area (Å²) in [6, 6.07) is 3.80. The van der Waals surface area contributed by atoms with Gasteiger partial charge in [-0.05, 0) is 18.6 Å². The first kappa shape index (κ1) is 12.0. The van der Waals surface area contributed by atoms with Crippen LogP contribution < -0.4 is 11.1 Å². The van der Waals surface area contributed by atoms with Gasteiger partial charge in [-0.1, -0.05) is 6.07 Å². The number of nitrogens with zero attached hydrogens (tertiary/aromatic N) is 2. The Morgan fingerprint density at radius 2 is 2.47 bits per heavy atom. The van der Waals surface area contributed by atoms with E-state index in [0.29, 0.717) is 13.1 Å². The summed E-state index contributed by atoms with van der Waals surface area (Å²) >= 11 is 0. The minimum Gasteiger partial charge on any atom is -0.368 e. The van der Waals surface area contributed by atoms with Gasteiger partial charge < -0.3 is 11.1 Å². The lowest BCUT2D eigenvalue weighted by Crippen LogP contribution is -2.56. The number of carbonyl (C=O) groups is 1. The van der Waals surface area contributed by atoms with E-state index < -0.39 is 0 Å².